The van der Waals surface area contributed by atoms with Gasteiger partial charge in [0.2, 0.25) is 0 Å². The molecule has 0 saturated heterocycles. The lowest BCUT2D eigenvalue weighted by Crippen LogP contribution is -2.50. The lowest BCUT2D eigenvalue weighted by molar-refractivity contribution is -0.156. The Labute approximate surface area is 123 Å². The number of amides is 2. The van der Waals surface area contributed by atoms with Gasteiger partial charge in [0.05, 0.1) is 0 Å². The highest BCUT2D eigenvalue weighted by Crippen LogP contribution is 2.32. The van der Waals surface area contributed by atoms with E-state index in [-0.39, 0.29) is 12.8 Å². The maximum absolute atomic E-state index is 11.8. The molecule has 0 aromatic carbocycles. The number of unbranched alkanes of at least 4 members (excludes halogenated alkanes) is 4. The molecule has 0 aliphatic carbocycles. The van der Waals surface area contributed by atoms with Crippen LogP contribution in [-0.2, 0) is 14.4 Å². The van der Waals surface area contributed by atoms with Gasteiger partial charge in [0.1, 0.15) is 5.41 Å². The molecule has 0 bridgehead atoms. The Hall–Kier alpha value is -1.67. The topological polar surface area (TPSA) is 136 Å². The summed E-state index contributed by atoms with van der Waals surface area (Å²) in [7, 11) is 0. The number of carboxylic acid groups (broad SMARTS) is 1. The van der Waals surface area contributed by atoms with Gasteiger partial charge in [-0.2, -0.15) is 0 Å². The van der Waals surface area contributed by atoms with Crippen LogP contribution in [0.5, 0.6) is 0 Å². The minimum Gasteiger partial charge on any atom is -0.481 e. The molecule has 0 radical (unpaired) electrons. The Bertz CT molecular complexity index is 343. The summed E-state index contributed by atoms with van der Waals surface area (Å²) in [6, 6.07) is 0. The number of carbonyl (C=O) groups is 3. The van der Waals surface area contributed by atoms with Crippen molar-refractivity contribution in [2.24, 2.45) is 5.41 Å². The number of rotatable bonds is 11. The van der Waals surface area contributed by atoms with E-state index in [4.69, 9.17) is 15.5 Å². The van der Waals surface area contributed by atoms with Crippen molar-refractivity contribution in [2.45, 2.75) is 58.3 Å². The summed E-state index contributed by atoms with van der Waals surface area (Å²) in [6.45, 7) is 2.05. The molecule has 2 amide bonds. The third kappa shape index (κ3) is 6.09. The van der Waals surface area contributed by atoms with Crippen LogP contribution in [0.2, 0.25) is 0 Å². The normalized spacial score (nSPS) is 11.0. The average molecular weight is 304 g/mol. The van der Waals surface area contributed by atoms with E-state index in [9.17, 15) is 14.4 Å². The van der Waals surface area contributed by atoms with Crippen LogP contribution in [0.25, 0.3) is 0 Å². The molecule has 0 heterocycles. The van der Waals surface area contributed by atoms with Crippen molar-refractivity contribution in [1.29, 1.82) is 0 Å². The SMILES string of the molecule is CCCCCCCC(CCC(=O)O)(C(=O)NO)C(=O)NO. The maximum Gasteiger partial charge on any atom is 0.303 e. The third-order valence-electron chi connectivity index (χ3n) is 3.55. The second kappa shape index (κ2) is 10.1. The second-order valence-electron chi connectivity index (χ2n) is 5.02. The molecule has 0 aliphatic rings. The van der Waals surface area contributed by atoms with E-state index in [1.54, 1.807) is 0 Å². The van der Waals surface area contributed by atoms with Gasteiger partial charge in [0.25, 0.3) is 11.8 Å². The van der Waals surface area contributed by atoms with Gasteiger partial charge < -0.3 is 5.11 Å². The Morgan fingerprint density at radius 2 is 1.43 bits per heavy atom. The molecule has 122 valence electrons. The van der Waals surface area contributed by atoms with Crippen LogP contribution in [0.15, 0.2) is 0 Å². The van der Waals surface area contributed by atoms with Gasteiger partial charge in [0, 0.05) is 6.42 Å². The number of aliphatic carboxylic acids is 1. The number of carbonyl (C=O) groups excluding carboxylic acids is 2. The third-order valence-corrected chi connectivity index (χ3v) is 3.55. The van der Waals surface area contributed by atoms with Gasteiger partial charge in [-0.15, -0.1) is 0 Å². The predicted molar refractivity (Wildman–Crippen MR) is 72.5 cm³/mol. The molecule has 0 saturated carbocycles. The van der Waals surface area contributed by atoms with Crippen LogP contribution in [0.3, 0.4) is 0 Å². The molecular formula is C13H24N2O6. The Kier molecular flexibility index (Phi) is 9.31. The van der Waals surface area contributed by atoms with Gasteiger partial charge >= 0.3 is 5.97 Å². The monoisotopic (exact) mass is 304 g/mol. The molecule has 8 heteroatoms. The van der Waals surface area contributed by atoms with Gasteiger partial charge in [0.15, 0.2) is 0 Å². The van der Waals surface area contributed by atoms with E-state index in [2.05, 4.69) is 6.92 Å². The zero-order valence-corrected chi connectivity index (χ0v) is 12.2. The van der Waals surface area contributed by atoms with E-state index >= 15 is 0 Å². The molecule has 0 unspecified atom stereocenters. The Morgan fingerprint density at radius 3 is 1.86 bits per heavy atom. The fourth-order valence-electron chi connectivity index (χ4n) is 2.25. The first kappa shape index (κ1) is 19.3. The van der Waals surface area contributed by atoms with Gasteiger partial charge in [-0.25, -0.2) is 11.0 Å². The number of nitrogens with one attached hydrogen (secondary N) is 2. The van der Waals surface area contributed by atoms with E-state index in [1.807, 2.05) is 0 Å². The largest absolute Gasteiger partial charge is 0.481 e. The molecule has 0 aromatic heterocycles. The quantitative estimate of drug-likeness (QED) is 0.168. The minimum absolute atomic E-state index is 0.0583. The highest BCUT2D eigenvalue weighted by atomic mass is 16.5. The first-order valence-corrected chi connectivity index (χ1v) is 7.05. The van der Waals surface area contributed by atoms with Crippen molar-refractivity contribution in [3.05, 3.63) is 0 Å². The number of hydrogen-bond donors (Lipinski definition) is 5. The summed E-state index contributed by atoms with van der Waals surface area (Å²) in [6.07, 6.45) is 3.64. The molecule has 0 rings (SSSR count). The standard InChI is InChI=1S/C13H24N2O6/c1-2-3-4-5-6-8-13(11(18)14-20,12(19)15-21)9-7-10(16)17/h20-21H,2-9H2,1H3,(H,14,18)(H,15,19)(H,16,17). The van der Waals surface area contributed by atoms with Crippen LogP contribution in [-0.4, -0.2) is 33.3 Å². The summed E-state index contributed by atoms with van der Waals surface area (Å²) in [5.74, 6) is -3.18. The zero-order valence-electron chi connectivity index (χ0n) is 12.2. The summed E-state index contributed by atoms with van der Waals surface area (Å²) in [5, 5.41) is 26.4. The average Bonchev–Trinajstić information content (AvgIpc) is 2.48. The summed E-state index contributed by atoms with van der Waals surface area (Å²) >= 11 is 0. The van der Waals surface area contributed by atoms with Crippen molar-refractivity contribution in [3.63, 3.8) is 0 Å². The van der Waals surface area contributed by atoms with Crippen molar-refractivity contribution in [2.75, 3.05) is 0 Å². The fourth-order valence-corrected chi connectivity index (χ4v) is 2.25. The van der Waals surface area contributed by atoms with Crippen molar-refractivity contribution >= 4 is 17.8 Å². The van der Waals surface area contributed by atoms with Crippen molar-refractivity contribution in [3.8, 4) is 0 Å². The molecule has 5 N–H and O–H groups in total. The van der Waals surface area contributed by atoms with Crippen LogP contribution < -0.4 is 11.0 Å². The first-order valence-electron chi connectivity index (χ1n) is 7.05. The number of hydrogen-bond acceptors (Lipinski definition) is 5. The molecule has 0 fully saturated rings. The van der Waals surface area contributed by atoms with Gasteiger partial charge in [-0.1, -0.05) is 39.0 Å². The van der Waals surface area contributed by atoms with Gasteiger partial charge in [-0.3, -0.25) is 24.8 Å². The zero-order chi connectivity index (χ0) is 16.3. The summed E-state index contributed by atoms with van der Waals surface area (Å²) in [4.78, 5) is 34.4. The van der Waals surface area contributed by atoms with E-state index in [1.165, 1.54) is 11.0 Å². The number of hydroxylamine groups is 2. The van der Waals surface area contributed by atoms with Crippen molar-refractivity contribution < 1.29 is 29.9 Å². The lowest BCUT2D eigenvalue weighted by Gasteiger charge is -2.28. The van der Waals surface area contributed by atoms with E-state index in [0.717, 1.165) is 25.7 Å². The fraction of sp³-hybridized carbons (Fsp3) is 0.769. The molecule has 0 aromatic rings. The van der Waals surface area contributed by atoms with Gasteiger partial charge in [-0.05, 0) is 12.8 Å². The molecule has 0 spiro atoms. The Balaban J connectivity index is 4.94. The van der Waals surface area contributed by atoms with Crippen LogP contribution in [0, 0.1) is 5.41 Å². The minimum atomic E-state index is -1.78. The van der Waals surface area contributed by atoms with Crippen LogP contribution >= 0.6 is 0 Å². The van der Waals surface area contributed by atoms with E-state index in [0.29, 0.717) is 6.42 Å². The highest BCUT2D eigenvalue weighted by Gasteiger charge is 2.45. The maximum atomic E-state index is 11.8. The molecule has 8 nitrogen and oxygen atoms in total. The predicted octanol–water partition coefficient (Wildman–Crippen LogP) is 1.21. The first-order chi connectivity index (χ1) is 9.94. The van der Waals surface area contributed by atoms with Crippen molar-refractivity contribution in [1.82, 2.24) is 11.0 Å². The molecule has 0 aliphatic heterocycles. The molecule has 0 atom stereocenters. The highest BCUT2D eigenvalue weighted by molar-refractivity contribution is 6.04. The Morgan fingerprint density at radius 1 is 0.905 bits per heavy atom. The summed E-state index contributed by atoms with van der Waals surface area (Å²) < 4.78 is 0. The van der Waals surface area contributed by atoms with Crippen LogP contribution in [0.1, 0.15) is 58.3 Å². The molecule has 21 heavy (non-hydrogen) atoms. The van der Waals surface area contributed by atoms with Crippen LogP contribution in [0.4, 0.5) is 0 Å². The van der Waals surface area contributed by atoms with E-state index < -0.39 is 29.6 Å². The summed E-state index contributed by atoms with van der Waals surface area (Å²) in [5.41, 5.74) is 1.00. The second-order valence-corrected chi connectivity index (χ2v) is 5.02. The smallest absolute Gasteiger partial charge is 0.303 e. The molecular weight excluding hydrogens is 280 g/mol. The lowest BCUT2D eigenvalue weighted by atomic mass is 9.76. The number of carboxylic acids is 1.